The van der Waals surface area contributed by atoms with Crippen LogP contribution in [0.25, 0.3) is 0 Å². The maximum absolute atomic E-state index is 12.0. The van der Waals surface area contributed by atoms with Gasteiger partial charge in [-0.25, -0.2) is 4.79 Å². The smallest absolute Gasteiger partial charge is 0.335 e. The average Bonchev–Trinajstić information content (AvgIpc) is 2.63. The number of carboxylic acid groups (broad SMARTS) is 1. The van der Waals surface area contributed by atoms with E-state index in [1.165, 1.54) is 18.3 Å². The molecule has 0 radical (unpaired) electrons. The van der Waals surface area contributed by atoms with Gasteiger partial charge in [0.25, 0.3) is 5.91 Å². The van der Waals surface area contributed by atoms with Crippen LogP contribution in [0, 0.1) is 11.3 Å². The Kier molecular flexibility index (Phi) is 6.32. The summed E-state index contributed by atoms with van der Waals surface area (Å²) in [4.78, 5) is 23.0. The Morgan fingerprint density at radius 3 is 2.56 bits per heavy atom. The van der Waals surface area contributed by atoms with Gasteiger partial charge in [0.05, 0.1) is 5.56 Å². The number of hydrogen-bond acceptors (Lipinski definition) is 4. The van der Waals surface area contributed by atoms with Crippen molar-refractivity contribution < 1.29 is 14.7 Å². The van der Waals surface area contributed by atoms with Crippen LogP contribution in [0.1, 0.15) is 15.9 Å². The van der Waals surface area contributed by atoms with E-state index in [0.29, 0.717) is 18.7 Å². The van der Waals surface area contributed by atoms with Gasteiger partial charge < -0.3 is 15.7 Å². The molecule has 0 aliphatic rings. The zero-order valence-electron chi connectivity index (χ0n) is 13.4. The van der Waals surface area contributed by atoms with Crippen molar-refractivity contribution in [2.24, 2.45) is 0 Å². The van der Waals surface area contributed by atoms with E-state index in [0.717, 1.165) is 5.56 Å². The third-order valence-electron chi connectivity index (χ3n) is 3.40. The van der Waals surface area contributed by atoms with Crippen molar-refractivity contribution >= 4 is 17.6 Å². The van der Waals surface area contributed by atoms with Gasteiger partial charge in [0.1, 0.15) is 11.6 Å². The summed E-state index contributed by atoms with van der Waals surface area (Å²) in [5.41, 5.74) is 1.59. The number of nitrogens with zero attached hydrogens (tertiary/aromatic N) is 1. The summed E-state index contributed by atoms with van der Waals surface area (Å²) in [6.45, 7) is 0.413. The second-order valence-electron chi connectivity index (χ2n) is 5.19. The maximum Gasteiger partial charge on any atom is 0.335 e. The van der Waals surface area contributed by atoms with E-state index in [-0.39, 0.29) is 11.1 Å². The monoisotopic (exact) mass is 335 g/mol. The molecule has 0 spiro atoms. The molecule has 0 aliphatic heterocycles. The summed E-state index contributed by atoms with van der Waals surface area (Å²) in [7, 11) is 0. The molecule has 2 aromatic carbocycles. The van der Waals surface area contributed by atoms with E-state index in [1.54, 1.807) is 12.1 Å². The number of rotatable bonds is 7. The number of carbonyl (C=O) groups is 2. The molecule has 0 fully saturated rings. The zero-order chi connectivity index (χ0) is 18.1. The van der Waals surface area contributed by atoms with Crippen LogP contribution in [0.2, 0.25) is 0 Å². The van der Waals surface area contributed by atoms with Gasteiger partial charge in [0, 0.05) is 18.4 Å². The van der Waals surface area contributed by atoms with Gasteiger partial charge in [0.15, 0.2) is 0 Å². The number of nitriles is 1. The summed E-state index contributed by atoms with van der Waals surface area (Å²) in [5.74, 6) is -1.54. The van der Waals surface area contributed by atoms with Gasteiger partial charge in [-0.2, -0.15) is 5.26 Å². The molecule has 0 bridgehead atoms. The summed E-state index contributed by atoms with van der Waals surface area (Å²) in [6, 6.07) is 17.6. The van der Waals surface area contributed by atoms with E-state index in [9.17, 15) is 9.59 Å². The topological polar surface area (TPSA) is 102 Å². The van der Waals surface area contributed by atoms with Crippen LogP contribution in [0.3, 0.4) is 0 Å². The van der Waals surface area contributed by atoms with Gasteiger partial charge in [-0.05, 0) is 30.2 Å². The van der Waals surface area contributed by atoms with Gasteiger partial charge in [-0.15, -0.1) is 0 Å². The van der Waals surface area contributed by atoms with Crippen LogP contribution in [-0.4, -0.2) is 23.5 Å². The average molecular weight is 335 g/mol. The summed E-state index contributed by atoms with van der Waals surface area (Å²) in [6.07, 6.45) is 1.93. The Balaban J connectivity index is 1.93. The number of anilines is 1. The number of nitrogens with one attached hydrogen (secondary N) is 2. The first kappa shape index (κ1) is 17.8. The molecule has 3 N–H and O–H groups in total. The van der Waals surface area contributed by atoms with Crippen LogP contribution < -0.4 is 10.6 Å². The molecule has 126 valence electrons. The lowest BCUT2D eigenvalue weighted by Gasteiger charge is -2.06. The van der Waals surface area contributed by atoms with Crippen LogP contribution in [0.15, 0.2) is 66.4 Å². The normalized spacial score (nSPS) is 10.6. The van der Waals surface area contributed by atoms with Crippen LogP contribution >= 0.6 is 0 Å². The first-order valence-corrected chi connectivity index (χ1v) is 7.62. The molecule has 6 heteroatoms. The minimum Gasteiger partial charge on any atom is -0.478 e. The zero-order valence-corrected chi connectivity index (χ0v) is 13.4. The fraction of sp³-hybridized carbons (Fsp3) is 0.105. The lowest BCUT2D eigenvalue weighted by atomic mass is 10.1. The standard InChI is InChI=1S/C19H17N3O3/c20-12-16(13-22-17-8-4-7-15(11-17)19(24)25)18(23)21-10-9-14-5-2-1-3-6-14/h1-8,11,13,22H,9-10H2,(H,21,23)(H,24,25)/b16-13-. The molecule has 1 amide bonds. The lowest BCUT2D eigenvalue weighted by Crippen LogP contribution is -2.27. The van der Waals surface area contributed by atoms with Crippen LogP contribution in [0.5, 0.6) is 0 Å². The van der Waals surface area contributed by atoms with Gasteiger partial charge >= 0.3 is 5.97 Å². The number of amides is 1. The molecule has 0 heterocycles. The Bertz CT molecular complexity index is 823. The van der Waals surface area contributed by atoms with E-state index >= 15 is 0 Å². The quantitative estimate of drug-likeness (QED) is 0.533. The largest absolute Gasteiger partial charge is 0.478 e. The van der Waals surface area contributed by atoms with Crippen LogP contribution in [-0.2, 0) is 11.2 Å². The SMILES string of the molecule is N#C/C(=C/Nc1cccc(C(=O)O)c1)C(=O)NCCc1ccccc1. The van der Waals surface area contributed by atoms with E-state index in [1.807, 2.05) is 36.4 Å². The number of carbonyl (C=O) groups excluding carboxylic acids is 1. The lowest BCUT2D eigenvalue weighted by molar-refractivity contribution is -0.117. The molecular formula is C19H17N3O3. The highest BCUT2D eigenvalue weighted by atomic mass is 16.4. The Morgan fingerprint density at radius 1 is 1.12 bits per heavy atom. The molecule has 0 saturated carbocycles. The highest BCUT2D eigenvalue weighted by Crippen LogP contribution is 2.11. The molecule has 0 atom stereocenters. The Hall–Kier alpha value is -3.59. The number of aromatic carboxylic acids is 1. The number of hydrogen-bond donors (Lipinski definition) is 3. The highest BCUT2D eigenvalue weighted by molar-refractivity contribution is 5.97. The molecular weight excluding hydrogens is 318 g/mol. The second kappa shape index (κ2) is 8.89. The molecule has 0 aliphatic carbocycles. The predicted octanol–water partition coefficient (Wildman–Crippen LogP) is 2.56. The fourth-order valence-electron chi connectivity index (χ4n) is 2.11. The van der Waals surface area contributed by atoms with Crippen molar-refractivity contribution in [3.05, 3.63) is 77.5 Å². The molecule has 25 heavy (non-hydrogen) atoms. The molecule has 0 unspecified atom stereocenters. The van der Waals surface area contributed by atoms with Crippen molar-refractivity contribution in [3.63, 3.8) is 0 Å². The summed E-state index contributed by atoms with van der Waals surface area (Å²) >= 11 is 0. The van der Waals surface area contributed by atoms with Gasteiger partial charge in [-0.1, -0.05) is 36.4 Å². The third-order valence-corrected chi connectivity index (χ3v) is 3.40. The molecule has 2 rings (SSSR count). The van der Waals surface area contributed by atoms with Crippen molar-refractivity contribution in [2.45, 2.75) is 6.42 Å². The first-order chi connectivity index (χ1) is 12.1. The molecule has 0 saturated heterocycles. The minimum atomic E-state index is -1.05. The van der Waals surface area contributed by atoms with Crippen molar-refractivity contribution in [1.29, 1.82) is 5.26 Å². The predicted molar refractivity (Wildman–Crippen MR) is 93.9 cm³/mol. The van der Waals surface area contributed by atoms with E-state index < -0.39 is 11.9 Å². The Morgan fingerprint density at radius 2 is 1.88 bits per heavy atom. The first-order valence-electron chi connectivity index (χ1n) is 7.62. The number of carboxylic acids is 1. The van der Waals surface area contributed by atoms with Gasteiger partial charge in [-0.3, -0.25) is 4.79 Å². The summed E-state index contributed by atoms with van der Waals surface area (Å²) in [5, 5.41) is 23.5. The Labute approximate surface area is 145 Å². The molecule has 2 aromatic rings. The summed E-state index contributed by atoms with van der Waals surface area (Å²) < 4.78 is 0. The van der Waals surface area contributed by atoms with Crippen molar-refractivity contribution in [2.75, 3.05) is 11.9 Å². The fourth-order valence-corrected chi connectivity index (χ4v) is 2.11. The molecule has 6 nitrogen and oxygen atoms in total. The van der Waals surface area contributed by atoms with Crippen LogP contribution in [0.4, 0.5) is 5.69 Å². The number of benzene rings is 2. The third kappa shape index (κ3) is 5.52. The second-order valence-corrected chi connectivity index (χ2v) is 5.19. The highest BCUT2D eigenvalue weighted by Gasteiger charge is 2.08. The van der Waals surface area contributed by atoms with Crippen molar-refractivity contribution in [1.82, 2.24) is 5.32 Å². The van der Waals surface area contributed by atoms with Gasteiger partial charge in [0.2, 0.25) is 0 Å². The molecule has 0 aromatic heterocycles. The van der Waals surface area contributed by atoms with E-state index in [2.05, 4.69) is 10.6 Å². The minimum absolute atomic E-state index is 0.0891. The van der Waals surface area contributed by atoms with E-state index in [4.69, 9.17) is 10.4 Å². The maximum atomic E-state index is 12.0. The van der Waals surface area contributed by atoms with Crippen molar-refractivity contribution in [3.8, 4) is 6.07 Å².